The smallest absolute Gasteiger partial charge is 0.0714 e. The number of hydrogen-bond donors (Lipinski definition) is 0. The molecule has 7 aromatic carbocycles. The summed E-state index contributed by atoms with van der Waals surface area (Å²) in [4.78, 5) is 2.50. The first-order valence-electron chi connectivity index (χ1n) is 19.2. The number of rotatable bonds is 6. The third-order valence-electron chi connectivity index (χ3n) is 12.3. The Hall–Kier alpha value is -5.66. The third kappa shape index (κ3) is 5.12. The Morgan fingerprint density at radius 2 is 0.943 bits per heavy atom. The topological polar surface area (TPSA) is 3.24 Å². The van der Waals surface area contributed by atoms with Crippen LogP contribution in [0.15, 0.2) is 170 Å². The second-order valence-electron chi connectivity index (χ2n) is 16.4. The van der Waals surface area contributed by atoms with Crippen molar-refractivity contribution in [2.45, 2.75) is 63.7 Å². The molecule has 0 saturated heterocycles. The number of nitrogens with zero attached hydrogens (tertiary/aromatic N) is 1. The second kappa shape index (κ2) is 12.5. The predicted molar refractivity (Wildman–Crippen MR) is 224 cm³/mol. The highest BCUT2D eigenvalue weighted by molar-refractivity contribution is 5.98. The van der Waals surface area contributed by atoms with Crippen LogP contribution in [0.5, 0.6) is 0 Å². The van der Waals surface area contributed by atoms with E-state index in [4.69, 9.17) is 0 Å². The molecule has 0 bridgehead atoms. The second-order valence-corrected chi connectivity index (χ2v) is 16.4. The molecule has 0 atom stereocenters. The molecule has 0 spiro atoms. The molecule has 0 radical (unpaired) electrons. The van der Waals surface area contributed by atoms with Crippen LogP contribution in [0.2, 0.25) is 0 Å². The maximum Gasteiger partial charge on any atom is 0.0714 e. The van der Waals surface area contributed by atoms with Crippen molar-refractivity contribution in [3.05, 3.63) is 209 Å². The molecule has 0 N–H and O–H groups in total. The van der Waals surface area contributed by atoms with Crippen LogP contribution in [-0.2, 0) is 16.2 Å². The number of aryl methyl sites for hydroxylation is 1. The summed E-state index contributed by atoms with van der Waals surface area (Å²) in [5.41, 5.74) is 17.8. The average molecular weight is 686 g/mol. The molecule has 0 unspecified atom stereocenters. The minimum atomic E-state index is -0.507. The van der Waals surface area contributed by atoms with E-state index in [9.17, 15) is 0 Å². The normalized spacial score (nSPS) is 15.9. The van der Waals surface area contributed by atoms with Crippen LogP contribution in [0.4, 0.5) is 17.1 Å². The molecule has 260 valence electrons. The molecule has 0 saturated carbocycles. The zero-order valence-corrected chi connectivity index (χ0v) is 31.5. The number of benzene rings is 7. The monoisotopic (exact) mass is 685 g/mol. The summed E-state index contributed by atoms with van der Waals surface area (Å²) in [6.07, 6.45) is 2.33. The Morgan fingerprint density at radius 1 is 0.434 bits per heavy atom. The van der Waals surface area contributed by atoms with E-state index in [1.165, 1.54) is 73.3 Å². The molecule has 0 heterocycles. The molecule has 1 nitrogen and oxygen atoms in total. The summed E-state index contributed by atoms with van der Waals surface area (Å²) in [6.45, 7) is 12.1. The Morgan fingerprint density at radius 3 is 1.53 bits per heavy atom. The van der Waals surface area contributed by atoms with Gasteiger partial charge in [0.1, 0.15) is 0 Å². The Balaban J connectivity index is 1.48. The van der Waals surface area contributed by atoms with Gasteiger partial charge in [-0.15, -0.1) is 0 Å². The molecular formula is C52H47N. The van der Waals surface area contributed by atoms with Crippen LogP contribution in [0.3, 0.4) is 0 Å². The lowest BCUT2D eigenvalue weighted by molar-refractivity contribution is 0.332. The van der Waals surface area contributed by atoms with E-state index >= 15 is 0 Å². The van der Waals surface area contributed by atoms with Crippen LogP contribution in [0, 0.1) is 6.92 Å². The fraction of sp³-hybridized carbons (Fsp3) is 0.192. The van der Waals surface area contributed by atoms with E-state index in [1.54, 1.807) is 0 Å². The first-order valence-corrected chi connectivity index (χ1v) is 19.2. The molecule has 9 rings (SSSR count). The highest BCUT2D eigenvalue weighted by Gasteiger charge is 2.47. The van der Waals surface area contributed by atoms with Gasteiger partial charge in [-0.05, 0) is 123 Å². The van der Waals surface area contributed by atoms with Crippen molar-refractivity contribution >= 4 is 17.1 Å². The number of hydrogen-bond acceptors (Lipinski definition) is 1. The van der Waals surface area contributed by atoms with Crippen molar-refractivity contribution < 1.29 is 0 Å². The van der Waals surface area contributed by atoms with Gasteiger partial charge in [0, 0.05) is 16.9 Å². The molecule has 0 aromatic heterocycles. The standard InChI is InChI=1S/C52H47N/c1-36-30-31-45-49(51(4,5)33-32-50(45,2)3)48(36)43-34-42-41-28-18-19-29-44(41)52(37-20-10-6-11-21-37,38-22-12-7-13-23-38)46(42)35-47(43)53(39-24-14-8-15-25-39)40-26-16-9-17-27-40/h6-31,34-35H,32-33H2,1-5H3. The van der Waals surface area contributed by atoms with E-state index in [0.29, 0.717) is 0 Å². The molecule has 2 aliphatic carbocycles. The fourth-order valence-corrected chi connectivity index (χ4v) is 9.65. The molecule has 7 aromatic rings. The van der Waals surface area contributed by atoms with Crippen molar-refractivity contribution in [1.82, 2.24) is 0 Å². The van der Waals surface area contributed by atoms with Crippen LogP contribution in [0.1, 0.15) is 79.5 Å². The predicted octanol–water partition coefficient (Wildman–Crippen LogP) is 13.8. The molecule has 0 fully saturated rings. The van der Waals surface area contributed by atoms with E-state index in [0.717, 1.165) is 17.8 Å². The van der Waals surface area contributed by atoms with Gasteiger partial charge in [0.15, 0.2) is 0 Å². The van der Waals surface area contributed by atoms with Gasteiger partial charge in [-0.25, -0.2) is 0 Å². The summed E-state index contributed by atoms with van der Waals surface area (Å²) in [5.74, 6) is 0. The molecule has 53 heavy (non-hydrogen) atoms. The SMILES string of the molecule is Cc1ccc2c(c1-c1cc3c(cc1N(c1ccccc1)c1ccccc1)C(c1ccccc1)(c1ccccc1)c1ccccc1-3)C(C)(C)CCC2(C)C. The highest BCUT2D eigenvalue weighted by Crippen LogP contribution is 2.60. The maximum absolute atomic E-state index is 2.57. The van der Waals surface area contributed by atoms with Crippen molar-refractivity contribution in [3.63, 3.8) is 0 Å². The van der Waals surface area contributed by atoms with Gasteiger partial charge in [-0.3, -0.25) is 0 Å². The summed E-state index contributed by atoms with van der Waals surface area (Å²) < 4.78 is 0. The summed E-state index contributed by atoms with van der Waals surface area (Å²) >= 11 is 0. The van der Waals surface area contributed by atoms with Gasteiger partial charge in [-0.2, -0.15) is 0 Å². The summed E-state index contributed by atoms with van der Waals surface area (Å²) in [7, 11) is 0. The van der Waals surface area contributed by atoms with Gasteiger partial charge in [-0.1, -0.05) is 161 Å². The fourth-order valence-electron chi connectivity index (χ4n) is 9.65. The van der Waals surface area contributed by atoms with Crippen molar-refractivity contribution in [1.29, 1.82) is 0 Å². The zero-order valence-electron chi connectivity index (χ0n) is 31.5. The number of fused-ring (bicyclic) bond motifs is 4. The lowest BCUT2D eigenvalue weighted by atomic mass is 9.61. The van der Waals surface area contributed by atoms with E-state index < -0.39 is 5.41 Å². The van der Waals surface area contributed by atoms with Gasteiger partial charge in [0.2, 0.25) is 0 Å². The average Bonchev–Trinajstić information content (AvgIpc) is 3.48. The van der Waals surface area contributed by atoms with Crippen LogP contribution in [0.25, 0.3) is 22.3 Å². The highest BCUT2D eigenvalue weighted by atomic mass is 15.1. The quantitative estimate of drug-likeness (QED) is 0.168. The maximum atomic E-state index is 2.57. The van der Waals surface area contributed by atoms with Crippen LogP contribution < -0.4 is 4.90 Å². The Kier molecular flexibility index (Phi) is 7.82. The first-order chi connectivity index (χ1) is 25.7. The first kappa shape index (κ1) is 33.2. The van der Waals surface area contributed by atoms with E-state index in [-0.39, 0.29) is 10.8 Å². The lowest BCUT2D eigenvalue weighted by Crippen LogP contribution is -2.34. The lowest BCUT2D eigenvalue weighted by Gasteiger charge is -2.44. The molecule has 2 aliphatic rings. The van der Waals surface area contributed by atoms with Crippen LogP contribution in [-0.4, -0.2) is 0 Å². The molecular weight excluding hydrogens is 639 g/mol. The third-order valence-corrected chi connectivity index (χ3v) is 12.3. The van der Waals surface area contributed by atoms with Gasteiger partial charge >= 0.3 is 0 Å². The van der Waals surface area contributed by atoms with Gasteiger partial charge in [0.25, 0.3) is 0 Å². The van der Waals surface area contributed by atoms with Crippen LogP contribution >= 0.6 is 0 Å². The molecule has 0 aliphatic heterocycles. The minimum Gasteiger partial charge on any atom is -0.310 e. The summed E-state index contributed by atoms with van der Waals surface area (Å²) in [5, 5.41) is 0. The Bertz CT molecular complexity index is 2360. The van der Waals surface area contributed by atoms with Crippen molar-refractivity contribution in [2.24, 2.45) is 0 Å². The van der Waals surface area contributed by atoms with Crippen molar-refractivity contribution in [2.75, 3.05) is 4.90 Å². The van der Waals surface area contributed by atoms with Gasteiger partial charge < -0.3 is 4.90 Å². The number of anilines is 3. The molecule has 1 heteroatoms. The molecule has 0 amide bonds. The summed E-state index contributed by atoms with van der Waals surface area (Å²) in [6, 6.07) is 63.3. The minimum absolute atomic E-state index is 0.0164. The van der Waals surface area contributed by atoms with Gasteiger partial charge in [0.05, 0.1) is 11.1 Å². The largest absolute Gasteiger partial charge is 0.310 e. The van der Waals surface area contributed by atoms with E-state index in [1.807, 2.05) is 0 Å². The zero-order chi connectivity index (χ0) is 36.4. The Labute approximate surface area is 315 Å². The number of para-hydroxylation sites is 2. The van der Waals surface area contributed by atoms with E-state index in [2.05, 4.69) is 209 Å². The van der Waals surface area contributed by atoms with Crippen molar-refractivity contribution in [3.8, 4) is 22.3 Å².